The predicted octanol–water partition coefficient (Wildman–Crippen LogP) is 2.79. The summed E-state index contributed by atoms with van der Waals surface area (Å²) in [4.78, 5) is 21.7. The number of halogens is 2. The lowest BCUT2D eigenvalue weighted by molar-refractivity contribution is -0.385. The molecule has 0 aliphatic heterocycles. The van der Waals surface area contributed by atoms with E-state index < -0.39 is 4.92 Å². The Labute approximate surface area is 114 Å². The van der Waals surface area contributed by atoms with Crippen molar-refractivity contribution in [2.75, 3.05) is 12.4 Å². The van der Waals surface area contributed by atoms with Crippen LogP contribution in [0.25, 0.3) is 0 Å². The maximum Gasteiger partial charge on any atom is 0.271 e. The van der Waals surface area contributed by atoms with Gasteiger partial charge in [0.05, 0.1) is 26.5 Å². The van der Waals surface area contributed by atoms with E-state index in [9.17, 15) is 14.9 Å². The lowest BCUT2D eigenvalue weighted by Gasteiger charge is -2.08. The number of carbonyl (C=O) groups is 1. The Kier molecular flexibility index (Phi) is 4.66. The van der Waals surface area contributed by atoms with Crippen LogP contribution in [-0.4, -0.2) is 23.1 Å². The maximum absolute atomic E-state index is 11.6. The molecule has 0 aliphatic rings. The van der Waals surface area contributed by atoms with Gasteiger partial charge in [-0.1, -0.05) is 15.9 Å². The third kappa shape index (κ3) is 2.70. The van der Waals surface area contributed by atoms with E-state index >= 15 is 0 Å². The fourth-order valence-corrected chi connectivity index (χ4v) is 2.30. The van der Waals surface area contributed by atoms with Gasteiger partial charge >= 0.3 is 0 Å². The van der Waals surface area contributed by atoms with Crippen LogP contribution < -0.4 is 4.74 Å². The van der Waals surface area contributed by atoms with Gasteiger partial charge in [-0.3, -0.25) is 14.9 Å². The number of rotatable bonds is 4. The molecule has 0 atom stereocenters. The Morgan fingerprint density at radius 1 is 1.62 bits per heavy atom. The summed E-state index contributed by atoms with van der Waals surface area (Å²) < 4.78 is 5.60. The fraction of sp³-hybridized carbons (Fsp3) is 0.222. The largest absolute Gasteiger partial charge is 0.495 e. The van der Waals surface area contributed by atoms with E-state index in [1.54, 1.807) is 0 Å². The van der Waals surface area contributed by atoms with Crippen LogP contribution in [0.5, 0.6) is 5.75 Å². The minimum absolute atomic E-state index is 0.0978. The van der Waals surface area contributed by atoms with Gasteiger partial charge in [0.25, 0.3) is 5.69 Å². The van der Waals surface area contributed by atoms with Gasteiger partial charge < -0.3 is 4.74 Å². The molecule has 86 valence electrons. The van der Waals surface area contributed by atoms with E-state index in [1.165, 1.54) is 19.2 Å². The number of benzene rings is 1. The number of nitro groups is 1. The lowest BCUT2D eigenvalue weighted by atomic mass is 10.1. The molecule has 0 heterocycles. The van der Waals surface area contributed by atoms with Gasteiger partial charge in [-0.15, -0.1) is 0 Å². The summed E-state index contributed by atoms with van der Waals surface area (Å²) in [6.07, 6.45) is 0. The minimum Gasteiger partial charge on any atom is -0.495 e. The fourth-order valence-electron chi connectivity index (χ4n) is 1.17. The van der Waals surface area contributed by atoms with E-state index in [4.69, 9.17) is 4.74 Å². The molecule has 0 aliphatic carbocycles. The number of hydrogen-bond acceptors (Lipinski definition) is 4. The van der Waals surface area contributed by atoms with Crippen molar-refractivity contribution in [2.45, 2.75) is 0 Å². The molecule has 5 nitrogen and oxygen atoms in total. The number of non-ortho nitro benzene ring substituents is 1. The average Bonchev–Trinajstić information content (AvgIpc) is 2.26. The molecule has 0 spiro atoms. The molecule has 1 aromatic carbocycles. The Balaban J connectivity index is 3.42. The van der Waals surface area contributed by atoms with Crippen molar-refractivity contribution in [3.8, 4) is 5.75 Å². The van der Waals surface area contributed by atoms with Gasteiger partial charge in [0.15, 0.2) is 5.78 Å². The van der Waals surface area contributed by atoms with Crippen LogP contribution in [0, 0.1) is 13.7 Å². The first-order chi connectivity index (χ1) is 7.51. The molecule has 0 fully saturated rings. The zero-order valence-corrected chi connectivity index (χ0v) is 11.9. The highest BCUT2D eigenvalue weighted by Gasteiger charge is 2.19. The summed E-state index contributed by atoms with van der Waals surface area (Å²) in [7, 11) is 1.42. The third-order valence-corrected chi connectivity index (χ3v) is 3.18. The second-order valence-corrected chi connectivity index (χ2v) is 4.55. The monoisotopic (exact) mass is 399 g/mol. The molecule has 0 aromatic heterocycles. The van der Waals surface area contributed by atoms with Crippen LogP contribution in [0.1, 0.15) is 10.4 Å². The van der Waals surface area contributed by atoms with E-state index in [2.05, 4.69) is 15.9 Å². The molecular formula is C9H7BrINO4. The van der Waals surface area contributed by atoms with Crippen molar-refractivity contribution in [1.82, 2.24) is 0 Å². The highest BCUT2D eigenvalue weighted by molar-refractivity contribution is 14.1. The Bertz CT molecular complexity index is 449. The van der Waals surface area contributed by atoms with Crippen molar-refractivity contribution >= 4 is 50.0 Å². The van der Waals surface area contributed by atoms with Gasteiger partial charge in [0, 0.05) is 12.1 Å². The van der Waals surface area contributed by atoms with Crippen LogP contribution in [0.2, 0.25) is 0 Å². The molecule has 0 bridgehead atoms. The van der Waals surface area contributed by atoms with E-state index in [-0.39, 0.29) is 22.4 Å². The van der Waals surface area contributed by atoms with E-state index in [0.29, 0.717) is 9.32 Å². The summed E-state index contributed by atoms with van der Waals surface area (Å²) in [6.45, 7) is 0. The van der Waals surface area contributed by atoms with Crippen LogP contribution in [0.15, 0.2) is 12.1 Å². The van der Waals surface area contributed by atoms with Gasteiger partial charge in [-0.2, -0.15) is 0 Å². The third-order valence-electron chi connectivity index (χ3n) is 1.87. The first-order valence-corrected chi connectivity index (χ1v) is 6.32. The SMILES string of the molecule is COc1c(I)cc([N+](=O)[O-])cc1C(=O)CBr. The first kappa shape index (κ1) is 13.4. The highest BCUT2D eigenvalue weighted by Crippen LogP contribution is 2.31. The molecule has 0 unspecified atom stereocenters. The van der Waals surface area contributed by atoms with Gasteiger partial charge in [0.1, 0.15) is 5.75 Å². The summed E-state index contributed by atoms with van der Waals surface area (Å²) in [6, 6.07) is 2.59. The molecular weight excluding hydrogens is 393 g/mol. The molecule has 0 N–H and O–H groups in total. The second kappa shape index (κ2) is 5.58. The zero-order valence-electron chi connectivity index (χ0n) is 8.20. The Hall–Kier alpha value is -0.700. The van der Waals surface area contributed by atoms with Crippen LogP contribution in [0.4, 0.5) is 5.69 Å². The smallest absolute Gasteiger partial charge is 0.271 e. The van der Waals surface area contributed by atoms with Crippen molar-refractivity contribution in [1.29, 1.82) is 0 Å². The van der Waals surface area contributed by atoms with Crippen molar-refractivity contribution in [2.24, 2.45) is 0 Å². The van der Waals surface area contributed by atoms with E-state index in [0.717, 1.165) is 0 Å². The van der Waals surface area contributed by atoms with Crippen LogP contribution in [-0.2, 0) is 0 Å². The van der Waals surface area contributed by atoms with Crippen LogP contribution in [0.3, 0.4) is 0 Å². The number of Topliss-reactive ketones (excluding diaryl/α,β-unsaturated/α-hetero) is 1. The predicted molar refractivity (Wildman–Crippen MR) is 70.5 cm³/mol. The first-order valence-electron chi connectivity index (χ1n) is 4.12. The quantitative estimate of drug-likeness (QED) is 0.256. The molecule has 0 amide bonds. The average molecular weight is 400 g/mol. The van der Waals surface area contributed by atoms with Crippen molar-refractivity contribution in [3.63, 3.8) is 0 Å². The normalized spacial score (nSPS) is 9.94. The topological polar surface area (TPSA) is 69.4 Å². The summed E-state index contributed by atoms with van der Waals surface area (Å²) >= 11 is 4.92. The Morgan fingerprint density at radius 3 is 2.69 bits per heavy atom. The lowest BCUT2D eigenvalue weighted by Crippen LogP contribution is -2.05. The molecule has 1 aromatic rings. The number of methoxy groups -OCH3 is 1. The zero-order chi connectivity index (χ0) is 12.3. The van der Waals surface area contributed by atoms with Gasteiger partial charge in [0.2, 0.25) is 0 Å². The summed E-state index contributed by atoms with van der Waals surface area (Å²) in [5.41, 5.74) is 0.104. The maximum atomic E-state index is 11.6. The molecule has 0 saturated carbocycles. The highest BCUT2D eigenvalue weighted by atomic mass is 127. The minimum atomic E-state index is -0.535. The molecule has 0 saturated heterocycles. The standard InChI is InChI=1S/C9H7BrINO4/c1-16-9-6(8(13)4-10)2-5(12(14)15)3-7(9)11/h2-3H,4H2,1H3. The van der Waals surface area contributed by atoms with Crippen LogP contribution >= 0.6 is 38.5 Å². The number of nitro benzene ring substituents is 1. The number of alkyl halides is 1. The van der Waals surface area contributed by atoms with Gasteiger partial charge in [-0.05, 0) is 22.6 Å². The second-order valence-electron chi connectivity index (χ2n) is 2.82. The molecule has 1 rings (SSSR count). The molecule has 16 heavy (non-hydrogen) atoms. The number of ether oxygens (including phenoxy) is 1. The van der Waals surface area contributed by atoms with Crippen molar-refractivity contribution < 1.29 is 14.5 Å². The van der Waals surface area contributed by atoms with E-state index in [1.807, 2.05) is 22.6 Å². The number of carbonyl (C=O) groups excluding carboxylic acids is 1. The van der Waals surface area contributed by atoms with Crippen molar-refractivity contribution in [3.05, 3.63) is 31.4 Å². The Morgan fingerprint density at radius 2 is 2.25 bits per heavy atom. The van der Waals surface area contributed by atoms with Gasteiger partial charge in [-0.25, -0.2) is 0 Å². The number of nitrogens with zero attached hydrogens (tertiary/aromatic N) is 1. The molecule has 0 radical (unpaired) electrons. The molecule has 7 heteroatoms. The number of hydrogen-bond donors (Lipinski definition) is 0. The summed E-state index contributed by atoms with van der Waals surface area (Å²) in [5.74, 6) is 0.120. The summed E-state index contributed by atoms with van der Waals surface area (Å²) in [5, 5.41) is 10.8. The number of ketones is 1.